The highest BCUT2D eigenvalue weighted by Gasteiger charge is 2.26. The monoisotopic (exact) mass is 411 g/mol. The SMILES string of the molecule is CC(C)(C)c1c(NC(=O)O)ccc(C(O)c2ccc(Cl)cc2)c1Br. The Hall–Kier alpha value is -1.56. The van der Waals surface area contributed by atoms with E-state index in [1.165, 1.54) is 0 Å². The second kappa shape index (κ2) is 7.13. The van der Waals surface area contributed by atoms with Crippen molar-refractivity contribution in [2.45, 2.75) is 32.3 Å². The van der Waals surface area contributed by atoms with E-state index in [2.05, 4.69) is 21.2 Å². The summed E-state index contributed by atoms with van der Waals surface area (Å²) in [4.78, 5) is 11.0. The first kappa shape index (κ1) is 18.8. The average Bonchev–Trinajstić information content (AvgIpc) is 2.45. The molecule has 2 aromatic rings. The molecule has 0 aliphatic rings. The van der Waals surface area contributed by atoms with Crippen LogP contribution in [0.15, 0.2) is 40.9 Å². The lowest BCUT2D eigenvalue weighted by Gasteiger charge is -2.27. The standard InChI is InChI=1S/C18H19BrClNO3/c1-18(2,3)14-13(21-17(23)24)9-8-12(15(14)19)16(22)10-4-6-11(20)7-5-10/h4-9,16,21-22H,1-3H3,(H,23,24). The number of aliphatic hydroxyl groups excluding tert-OH is 1. The predicted octanol–water partition coefficient (Wildman–Crippen LogP) is 5.57. The zero-order chi connectivity index (χ0) is 18.1. The maximum absolute atomic E-state index is 11.0. The van der Waals surface area contributed by atoms with Gasteiger partial charge >= 0.3 is 6.09 Å². The van der Waals surface area contributed by atoms with E-state index in [9.17, 15) is 9.90 Å². The Labute approximate surface area is 154 Å². The normalized spacial score (nSPS) is 12.8. The van der Waals surface area contributed by atoms with Crippen molar-refractivity contribution < 1.29 is 15.0 Å². The number of carboxylic acid groups (broad SMARTS) is 1. The Morgan fingerprint density at radius 2 is 1.75 bits per heavy atom. The third-order valence-corrected chi connectivity index (χ3v) is 4.75. The molecule has 3 N–H and O–H groups in total. The molecule has 0 radical (unpaired) electrons. The third kappa shape index (κ3) is 4.09. The smallest absolute Gasteiger partial charge is 0.409 e. The van der Waals surface area contributed by atoms with Gasteiger partial charge in [-0.1, -0.05) is 66.5 Å². The van der Waals surface area contributed by atoms with Gasteiger partial charge in [0.1, 0.15) is 6.10 Å². The van der Waals surface area contributed by atoms with Gasteiger partial charge in [-0.05, 0) is 40.3 Å². The maximum Gasteiger partial charge on any atom is 0.409 e. The van der Waals surface area contributed by atoms with Crippen molar-refractivity contribution in [2.24, 2.45) is 0 Å². The molecule has 0 spiro atoms. The summed E-state index contributed by atoms with van der Waals surface area (Å²) in [5.41, 5.74) is 2.33. The van der Waals surface area contributed by atoms with Crippen LogP contribution in [0, 0.1) is 0 Å². The van der Waals surface area contributed by atoms with Crippen LogP contribution in [0.5, 0.6) is 0 Å². The number of rotatable bonds is 3. The maximum atomic E-state index is 11.0. The lowest BCUT2D eigenvalue weighted by atomic mass is 9.83. The average molecular weight is 413 g/mol. The van der Waals surface area contributed by atoms with Crippen LogP contribution in [0.3, 0.4) is 0 Å². The quantitative estimate of drug-likeness (QED) is 0.617. The molecule has 1 atom stereocenters. The van der Waals surface area contributed by atoms with Crippen molar-refractivity contribution in [3.8, 4) is 0 Å². The second-order valence-corrected chi connectivity index (χ2v) is 7.76. The molecular formula is C18H19BrClNO3. The van der Waals surface area contributed by atoms with Crippen LogP contribution in [0.2, 0.25) is 5.02 Å². The fourth-order valence-corrected chi connectivity index (χ4v) is 3.86. The fourth-order valence-electron chi connectivity index (χ4n) is 2.58. The zero-order valence-electron chi connectivity index (χ0n) is 13.6. The molecule has 4 nitrogen and oxygen atoms in total. The van der Waals surface area contributed by atoms with Gasteiger partial charge < -0.3 is 10.2 Å². The summed E-state index contributed by atoms with van der Waals surface area (Å²) in [5, 5.41) is 22.8. The summed E-state index contributed by atoms with van der Waals surface area (Å²) < 4.78 is 0.684. The number of benzene rings is 2. The summed E-state index contributed by atoms with van der Waals surface area (Å²) >= 11 is 9.44. The molecule has 0 aromatic heterocycles. The van der Waals surface area contributed by atoms with Crippen LogP contribution in [-0.4, -0.2) is 16.3 Å². The molecule has 0 aliphatic heterocycles. The van der Waals surface area contributed by atoms with E-state index in [0.717, 1.165) is 5.56 Å². The molecule has 24 heavy (non-hydrogen) atoms. The Morgan fingerprint density at radius 1 is 1.17 bits per heavy atom. The molecule has 1 unspecified atom stereocenters. The summed E-state index contributed by atoms with van der Waals surface area (Å²) in [6.45, 7) is 5.95. The molecule has 1 amide bonds. The second-order valence-electron chi connectivity index (χ2n) is 6.53. The Balaban J connectivity index is 2.56. The van der Waals surface area contributed by atoms with Gasteiger partial charge in [0.2, 0.25) is 0 Å². The Bertz CT molecular complexity index is 754. The topological polar surface area (TPSA) is 69.6 Å². The molecule has 0 saturated carbocycles. The van der Waals surface area contributed by atoms with Crippen LogP contribution in [0.25, 0.3) is 0 Å². The molecule has 2 aromatic carbocycles. The van der Waals surface area contributed by atoms with Gasteiger partial charge in [-0.2, -0.15) is 0 Å². The van der Waals surface area contributed by atoms with Gasteiger partial charge in [0.15, 0.2) is 0 Å². The van der Waals surface area contributed by atoms with Crippen LogP contribution in [-0.2, 0) is 5.41 Å². The lowest BCUT2D eigenvalue weighted by Crippen LogP contribution is -2.19. The van der Waals surface area contributed by atoms with Crippen LogP contribution in [0.1, 0.15) is 43.6 Å². The molecule has 2 rings (SSSR count). The van der Waals surface area contributed by atoms with Crippen molar-refractivity contribution in [3.05, 3.63) is 62.6 Å². The van der Waals surface area contributed by atoms with Crippen molar-refractivity contribution in [1.82, 2.24) is 0 Å². The minimum atomic E-state index is -1.13. The Kier molecular flexibility index (Phi) is 5.58. The number of amides is 1. The summed E-state index contributed by atoms with van der Waals surface area (Å²) in [6.07, 6.45) is -1.98. The highest BCUT2D eigenvalue weighted by atomic mass is 79.9. The molecule has 0 bridgehead atoms. The minimum Gasteiger partial charge on any atom is -0.465 e. The number of anilines is 1. The van der Waals surface area contributed by atoms with E-state index in [-0.39, 0.29) is 5.41 Å². The highest BCUT2D eigenvalue weighted by Crippen LogP contribution is 2.41. The molecular weight excluding hydrogens is 394 g/mol. The zero-order valence-corrected chi connectivity index (χ0v) is 15.9. The predicted molar refractivity (Wildman–Crippen MR) is 100 cm³/mol. The van der Waals surface area contributed by atoms with Crippen LogP contribution >= 0.6 is 27.5 Å². The first-order valence-electron chi connectivity index (χ1n) is 7.37. The van der Waals surface area contributed by atoms with Gasteiger partial charge in [0.25, 0.3) is 0 Å². The molecule has 0 saturated heterocycles. The number of aliphatic hydroxyl groups is 1. The first-order valence-corrected chi connectivity index (χ1v) is 8.54. The fraction of sp³-hybridized carbons (Fsp3) is 0.278. The van der Waals surface area contributed by atoms with Crippen LogP contribution < -0.4 is 5.32 Å². The summed E-state index contributed by atoms with van der Waals surface area (Å²) in [5.74, 6) is 0. The largest absolute Gasteiger partial charge is 0.465 e. The van der Waals surface area contributed by atoms with Gasteiger partial charge in [0.05, 0.1) is 0 Å². The van der Waals surface area contributed by atoms with E-state index >= 15 is 0 Å². The number of carbonyl (C=O) groups is 1. The van der Waals surface area contributed by atoms with E-state index in [1.807, 2.05) is 20.8 Å². The van der Waals surface area contributed by atoms with Crippen molar-refractivity contribution in [1.29, 1.82) is 0 Å². The van der Waals surface area contributed by atoms with Gasteiger partial charge in [-0.15, -0.1) is 0 Å². The minimum absolute atomic E-state index is 0.327. The van der Waals surface area contributed by atoms with Gasteiger partial charge in [0, 0.05) is 15.2 Å². The number of hydrogen-bond donors (Lipinski definition) is 3. The van der Waals surface area contributed by atoms with E-state index in [0.29, 0.717) is 26.3 Å². The van der Waals surface area contributed by atoms with Gasteiger partial charge in [-0.25, -0.2) is 4.79 Å². The van der Waals surface area contributed by atoms with Crippen LogP contribution in [0.4, 0.5) is 10.5 Å². The van der Waals surface area contributed by atoms with E-state index in [1.54, 1.807) is 36.4 Å². The van der Waals surface area contributed by atoms with E-state index < -0.39 is 12.2 Å². The lowest BCUT2D eigenvalue weighted by molar-refractivity contribution is 0.209. The van der Waals surface area contributed by atoms with Crippen molar-refractivity contribution in [3.63, 3.8) is 0 Å². The van der Waals surface area contributed by atoms with E-state index in [4.69, 9.17) is 16.7 Å². The molecule has 128 valence electrons. The van der Waals surface area contributed by atoms with Gasteiger partial charge in [-0.3, -0.25) is 5.32 Å². The van der Waals surface area contributed by atoms with Crippen molar-refractivity contribution >= 4 is 39.3 Å². The molecule has 0 fully saturated rings. The summed E-state index contributed by atoms with van der Waals surface area (Å²) in [6, 6.07) is 10.4. The molecule has 6 heteroatoms. The highest BCUT2D eigenvalue weighted by molar-refractivity contribution is 9.10. The number of hydrogen-bond acceptors (Lipinski definition) is 2. The first-order chi connectivity index (χ1) is 11.1. The summed E-state index contributed by atoms with van der Waals surface area (Å²) in [7, 11) is 0. The third-order valence-electron chi connectivity index (χ3n) is 3.64. The molecule has 0 heterocycles. The molecule has 0 aliphatic carbocycles. The van der Waals surface area contributed by atoms with Crippen molar-refractivity contribution in [2.75, 3.05) is 5.32 Å². The number of halogens is 2. The Morgan fingerprint density at radius 3 is 2.25 bits per heavy atom. The number of nitrogens with one attached hydrogen (secondary N) is 1.